The van der Waals surface area contributed by atoms with Crippen LogP contribution in [0.2, 0.25) is 0 Å². The molecule has 3 N–H and O–H groups in total. The molecule has 0 aromatic rings. The van der Waals surface area contributed by atoms with Crippen molar-refractivity contribution in [1.82, 2.24) is 0 Å². The maximum atomic E-state index is 7.38. The molecule has 74 valence electrons. The van der Waals surface area contributed by atoms with Crippen molar-refractivity contribution in [2.45, 2.75) is 32.3 Å². The van der Waals surface area contributed by atoms with Gasteiger partial charge in [-0.3, -0.25) is 5.26 Å². The Morgan fingerprint density at radius 1 is 1.67 bits per heavy atom. The maximum Gasteiger partial charge on any atom is 0.0791 e. The second-order valence-electron chi connectivity index (χ2n) is 2.63. The van der Waals surface area contributed by atoms with Crippen molar-refractivity contribution in [3.05, 3.63) is 0 Å². The molecule has 1 heterocycles. The first-order chi connectivity index (χ1) is 5.85. The molecule has 0 aromatic heterocycles. The van der Waals surface area contributed by atoms with Gasteiger partial charge in [-0.15, -0.1) is 0 Å². The molecule has 0 saturated carbocycles. The summed E-state index contributed by atoms with van der Waals surface area (Å²) in [5, 5.41) is 7.38. The van der Waals surface area contributed by atoms with E-state index in [0.717, 1.165) is 19.6 Å². The molecule has 1 fully saturated rings. The van der Waals surface area contributed by atoms with E-state index in [4.69, 9.17) is 15.7 Å². The second kappa shape index (κ2) is 8.93. The predicted molar refractivity (Wildman–Crippen MR) is 46.9 cm³/mol. The zero-order chi connectivity index (χ0) is 9.23. The fraction of sp³-hybridized carbons (Fsp3) is 1.00. The van der Waals surface area contributed by atoms with Gasteiger partial charge in [0.25, 0.3) is 0 Å². The van der Waals surface area contributed by atoms with Crippen molar-refractivity contribution < 1.29 is 14.9 Å². The summed E-state index contributed by atoms with van der Waals surface area (Å²) in [7, 11) is 0. The van der Waals surface area contributed by atoms with E-state index in [1.54, 1.807) is 6.92 Å². The van der Waals surface area contributed by atoms with Gasteiger partial charge in [0.15, 0.2) is 0 Å². The van der Waals surface area contributed by atoms with Gasteiger partial charge in [-0.1, -0.05) is 0 Å². The second-order valence-corrected chi connectivity index (χ2v) is 2.63. The molecule has 0 aliphatic carbocycles. The van der Waals surface area contributed by atoms with E-state index in [1.165, 1.54) is 12.8 Å². The third kappa shape index (κ3) is 6.54. The van der Waals surface area contributed by atoms with Crippen molar-refractivity contribution in [3.8, 4) is 0 Å². The van der Waals surface area contributed by atoms with Gasteiger partial charge in [-0.05, 0) is 32.7 Å². The van der Waals surface area contributed by atoms with E-state index in [2.05, 4.69) is 4.89 Å². The topological polar surface area (TPSA) is 64.7 Å². The lowest BCUT2D eigenvalue weighted by molar-refractivity contribution is -0.237. The van der Waals surface area contributed by atoms with Crippen LogP contribution in [0.4, 0.5) is 0 Å². The van der Waals surface area contributed by atoms with Gasteiger partial charge < -0.3 is 10.5 Å². The van der Waals surface area contributed by atoms with Crippen molar-refractivity contribution in [2.75, 3.05) is 19.8 Å². The fourth-order valence-corrected chi connectivity index (χ4v) is 1.06. The molecule has 1 aliphatic rings. The van der Waals surface area contributed by atoms with Crippen LogP contribution in [0.15, 0.2) is 0 Å². The van der Waals surface area contributed by atoms with Crippen LogP contribution < -0.4 is 5.73 Å². The fourth-order valence-electron chi connectivity index (χ4n) is 1.06. The first-order valence-electron chi connectivity index (χ1n) is 4.43. The summed E-state index contributed by atoms with van der Waals surface area (Å²) < 4.78 is 5.31. The van der Waals surface area contributed by atoms with Gasteiger partial charge in [0.05, 0.1) is 12.7 Å². The Kier molecular flexibility index (Phi) is 8.81. The predicted octanol–water partition coefficient (Wildman–Crippen LogP) is 1.01. The van der Waals surface area contributed by atoms with E-state index in [0.29, 0.717) is 12.7 Å². The first kappa shape index (κ1) is 11.8. The molecule has 4 heteroatoms. The summed E-state index contributed by atoms with van der Waals surface area (Å²) in [4.78, 5) is 3.54. The molecule has 0 radical (unpaired) electrons. The number of ether oxygens (including phenoxy) is 1. The lowest BCUT2D eigenvalue weighted by Crippen LogP contribution is -2.11. The van der Waals surface area contributed by atoms with Crippen LogP contribution in [0.5, 0.6) is 0 Å². The molecule has 0 bridgehead atoms. The van der Waals surface area contributed by atoms with Gasteiger partial charge in [0.2, 0.25) is 0 Å². The zero-order valence-corrected chi connectivity index (χ0v) is 7.66. The van der Waals surface area contributed by atoms with Crippen molar-refractivity contribution in [3.63, 3.8) is 0 Å². The van der Waals surface area contributed by atoms with Crippen molar-refractivity contribution >= 4 is 0 Å². The van der Waals surface area contributed by atoms with E-state index in [-0.39, 0.29) is 0 Å². The molecule has 0 amide bonds. The van der Waals surface area contributed by atoms with E-state index >= 15 is 0 Å². The molecule has 1 saturated heterocycles. The summed E-state index contributed by atoms with van der Waals surface area (Å²) in [5.41, 5.74) is 5.33. The van der Waals surface area contributed by atoms with Crippen LogP contribution in [0.25, 0.3) is 0 Å². The third-order valence-corrected chi connectivity index (χ3v) is 1.64. The molecule has 1 aliphatic heterocycles. The molecule has 12 heavy (non-hydrogen) atoms. The molecule has 4 nitrogen and oxygen atoms in total. The maximum absolute atomic E-state index is 7.38. The minimum absolute atomic E-state index is 0.375. The van der Waals surface area contributed by atoms with E-state index < -0.39 is 0 Å². The summed E-state index contributed by atoms with van der Waals surface area (Å²) >= 11 is 0. The SMILES string of the molecule is CCOO.NCCC1CCCO1. The van der Waals surface area contributed by atoms with Crippen LogP contribution in [-0.2, 0) is 9.62 Å². The van der Waals surface area contributed by atoms with E-state index in [9.17, 15) is 0 Å². The highest BCUT2D eigenvalue weighted by atomic mass is 17.1. The lowest BCUT2D eigenvalue weighted by Gasteiger charge is -2.04. The number of rotatable bonds is 3. The average Bonchev–Trinajstić information content (AvgIpc) is 2.58. The highest BCUT2D eigenvalue weighted by molar-refractivity contribution is 4.64. The van der Waals surface area contributed by atoms with Crippen LogP contribution >= 0.6 is 0 Å². The molecule has 1 rings (SSSR count). The summed E-state index contributed by atoms with van der Waals surface area (Å²) in [6.45, 7) is 3.80. The monoisotopic (exact) mass is 177 g/mol. The molecule has 1 atom stereocenters. The normalized spacial score (nSPS) is 21.8. The summed E-state index contributed by atoms with van der Waals surface area (Å²) in [5.74, 6) is 0. The van der Waals surface area contributed by atoms with Crippen LogP contribution in [-0.4, -0.2) is 31.1 Å². The Bertz CT molecular complexity index is 82.4. The number of hydrogen-bond acceptors (Lipinski definition) is 4. The van der Waals surface area contributed by atoms with Crippen LogP contribution in [0, 0.1) is 0 Å². The van der Waals surface area contributed by atoms with Crippen LogP contribution in [0.1, 0.15) is 26.2 Å². The van der Waals surface area contributed by atoms with Crippen molar-refractivity contribution in [1.29, 1.82) is 0 Å². The van der Waals surface area contributed by atoms with Crippen LogP contribution in [0.3, 0.4) is 0 Å². The number of nitrogens with two attached hydrogens (primary N) is 1. The quantitative estimate of drug-likeness (QED) is 0.499. The Balaban J connectivity index is 0.000000261. The molecule has 1 unspecified atom stereocenters. The molecule has 0 spiro atoms. The Morgan fingerprint density at radius 3 is 2.67 bits per heavy atom. The van der Waals surface area contributed by atoms with E-state index in [1.807, 2.05) is 0 Å². The van der Waals surface area contributed by atoms with Gasteiger partial charge in [-0.25, -0.2) is 4.89 Å². The van der Waals surface area contributed by atoms with Gasteiger partial charge in [0, 0.05) is 6.61 Å². The highest BCUT2D eigenvalue weighted by Gasteiger charge is 2.13. The van der Waals surface area contributed by atoms with Crippen molar-refractivity contribution in [2.24, 2.45) is 5.73 Å². The standard InChI is InChI=1S/C6H13NO.C2H6O2/c7-4-3-6-2-1-5-8-6;1-2-4-3/h6H,1-5,7H2;3H,2H2,1H3. The molecular formula is C8H19NO3. The van der Waals surface area contributed by atoms with Gasteiger partial charge in [0.1, 0.15) is 0 Å². The Morgan fingerprint density at radius 2 is 2.33 bits per heavy atom. The summed E-state index contributed by atoms with van der Waals surface area (Å²) in [6, 6.07) is 0. The third-order valence-electron chi connectivity index (χ3n) is 1.64. The molecule has 0 aromatic carbocycles. The molecular weight excluding hydrogens is 158 g/mol. The summed E-state index contributed by atoms with van der Waals surface area (Å²) in [6.07, 6.45) is 3.97. The Labute approximate surface area is 73.6 Å². The minimum atomic E-state index is 0.375. The largest absolute Gasteiger partial charge is 0.378 e. The zero-order valence-electron chi connectivity index (χ0n) is 7.66. The minimum Gasteiger partial charge on any atom is -0.378 e. The first-order valence-corrected chi connectivity index (χ1v) is 4.43. The Hall–Kier alpha value is -0.160. The van der Waals surface area contributed by atoms with Gasteiger partial charge in [-0.2, -0.15) is 0 Å². The lowest BCUT2D eigenvalue weighted by atomic mass is 10.2. The average molecular weight is 177 g/mol. The number of hydrogen-bond donors (Lipinski definition) is 2. The highest BCUT2D eigenvalue weighted by Crippen LogP contribution is 2.13. The smallest absolute Gasteiger partial charge is 0.0791 e. The van der Waals surface area contributed by atoms with Gasteiger partial charge >= 0.3 is 0 Å².